The smallest absolute Gasteiger partial charge is 0.255 e. The summed E-state index contributed by atoms with van der Waals surface area (Å²) in [7, 11) is 0. The predicted molar refractivity (Wildman–Crippen MR) is 80.8 cm³/mol. The molecule has 0 aromatic carbocycles. The van der Waals surface area contributed by atoms with Gasteiger partial charge in [-0.2, -0.15) is 0 Å². The monoisotopic (exact) mass is 289 g/mol. The number of rotatable bonds is 2. The lowest BCUT2D eigenvalue weighted by Crippen LogP contribution is -2.47. The molecule has 1 fully saturated rings. The van der Waals surface area contributed by atoms with Crippen LogP contribution in [0.25, 0.3) is 0 Å². The molecule has 2 heterocycles. The Morgan fingerprint density at radius 2 is 1.95 bits per heavy atom. The van der Waals surface area contributed by atoms with Gasteiger partial charge in [0.25, 0.3) is 5.91 Å². The third-order valence-corrected chi connectivity index (χ3v) is 3.56. The molecular weight excluding hydrogens is 266 g/mol. The molecule has 114 valence electrons. The number of hydrogen-bond donors (Lipinski definition) is 1. The lowest BCUT2D eigenvalue weighted by molar-refractivity contribution is -0.127. The summed E-state index contributed by atoms with van der Waals surface area (Å²) in [5.74, 6) is 0.0935. The number of amides is 2. The van der Waals surface area contributed by atoms with E-state index in [0.29, 0.717) is 31.5 Å². The highest BCUT2D eigenvalue weighted by Gasteiger charge is 2.29. The van der Waals surface area contributed by atoms with Crippen LogP contribution < -0.4 is 5.32 Å². The van der Waals surface area contributed by atoms with Crippen molar-refractivity contribution in [3.05, 3.63) is 30.1 Å². The van der Waals surface area contributed by atoms with Crippen LogP contribution in [0.4, 0.5) is 0 Å². The molecule has 0 unspecified atom stereocenters. The van der Waals surface area contributed by atoms with Crippen molar-refractivity contribution in [2.24, 2.45) is 5.92 Å². The molecule has 5 nitrogen and oxygen atoms in total. The van der Waals surface area contributed by atoms with E-state index >= 15 is 0 Å². The number of carbonyl (C=O) groups excluding carboxylic acids is 2. The van der Waals surface area contributed by atoms with E-state index in [1.54, 1.807) is 29.4 Å². The second-order valence-corrected chi connectivity index (χ2v) is 6.55. The lowest BCUT2D eigenvalue weighted by atomic mass is 9.94. The Morgan fingerprint density at radius 1 is 1.29 bits per heavy atom. The molecule has 1 aliphatic heterocycles. The molecule has 0 atom stereocenters. The highest BCUT2D eigenvalue weighted by atomic mass is 16.2. The third kappa shape index (κ3) is 4.28. The molecule has 1 aliphatic rings. The Bertz CT molecular complexity index is 500. The topological polar surface area (TPSA) is 62.3 Å². The largest absolute Gasteiger partial charge is 0.351 e. The van der Waals surface area contributed by atoms with Crippen molar-refractivity contribution < 1.29 is 9.59 Å². The standard InChI is InChI=1S/C16H23N3O2/c1-16(2,3)18-14(20)12-6-9-19(10-7-12)15(21)13-5-4-8-17-11-13/h4-5,8,11-12H,6-7,9-10H2,1-3H3,(H,18,20). The zero-order valence-electron chi connectivity index (χ0n) is 12.9. The summed E-state index contributed by atoms with van der Waals surface area (Å²) in [6, 6.07) is 3.53. The predicted octanol–water partition coefficient (Wildman–Crippen LogP) is 1.85. The first kappa shape index (κ1) is 15.5. The Morgan fingerprint density at radius 3 is 2.48 bits per heavy atom. The molecule has 1 saturated heterocycles. The molecule has 0 radical (unpaired) electrons. The van der Waals surface area contributed by atoms with Gasteiger partial charge in [-0.1, -0.05) is 0 Å². The van der Waals surface area contributed by atoms with Gasteiger partial charge in [-0.15, -0.1) is 0 Å². The van der Waals surface area contributed by atoms with Crippen LogP contribution in [0, 0.1) is 5.92 Å². The number of aromatic nitrogens is 1. The van der Waals surface area contributed by atoms with Crippen LogP contribution in [0.5, 0.6) is 0 Å². The van der Waals surface area contributed by atoms with Crippen LogP contribution in [0.3, 0.4) is 0 Å². The van der Waals surface area contributed by atoms with E-state index < -0.39 is 0 Å². The van der Waals surface area contributed by atoms with Gasteiger partial charge in [0.1, 0.15) is 0 Å². The fourth-order valence-corrected chi connectivity index (χ4v) is 2.49. The minimum Gasteiger partial charge on any atom is -0.351 e. The van der Waals surface area contributed by atoms with Gasteiger partial charge in [0.05, 0.1) is 5.56 Å². The van der Waals surface area contributed by atoms with Crippen molar-refractivity contribution in [2.45, 2.75) is 39.2 Å². The number of hydrogen-bond acceptors (Lipinski definition) is 3. The SMILES string of the molecule is CC(C)(C)NC(=O)C1CCN(C(=O)c2cccnc2)CC1. The highest BCUT2D eigenvalue weighted by molar-refractivity contribution is 5.94. The van der Waals surface area contributed by atoms with Crippen molar-refractivity contribution in [3.63, 3.8) is 0 Å². The molecule has 0 saturated carbocycles. The quantitative estimate of drug-likeness (QED) is 0.903. The molecule has 0 spiro atoms. The summed E-state index contributed by atoms with van der Waals surface area (Å²) in [5.41, 5.74) is 0.398. The number of carbonyl (C=O) groups is 2. The van der Waals surface area contributed by atoms with E-state index in [9.17, 15) is 9.59 Å². The van der Waals surface area contributed by atoms with Gasteiger partial charge in [0.2, 0.25) is 5.91 Å². The average molecular weight is 289 g/mol. The average Bonchev–Trinajstić information content (AvgIpc) is 2.46. The molecule has 2 rings (SSSR count). The number of likely N-dealkylation sites (tertiary alicyclic amines) is 1. The van der Waals surface area contributed by atoms with Crippen molar-refractivity contribution in [2.75, 3.05) is 13.1 Å². The molecule has 5 heteroatoms. The first-order valence-corrected chi connectivity index (χ1v) is 7.38. The van der Waals surface area contributed by atoms with Crippen LogP contribution in [-0.2, 0) is 4.79 Å². The van der Waals surface area contributed by atoms with Gasteiger partial charge in [0.15, 0.2) is 0 Å². The van der Waals surface area contributed by atoms with Crippen molar-refractivity contribution in [1.29, 1.82) is 0 Å². The van der Waals surface area contributed by atoms with Gasteiger partial charge in [-0.25, -0.2) is 0 Å². The zero-order chi connectivity index (χ0) is 15.5. The van der Waals surface area contributed by atoms with E-state index in [-0.39, 0.29) is 23.3 Å². The Kier molecular flexibility index (Phi) is 4.60. The lowest BCUT2D eigenvalue weighted by Gasteiger charge is -2.33. The number of pyridine rings is 1. The van der Waals surface area contributed by atoms with Crippen LogP contribution in [-0.4, -0.2) is 40.3 Å². The Hall–Kier alpha value is -1.91. The summed E-state index contributed by atoms with van der Waals surface area (Å²) < 4.78 is 0. The van der Waals surface area contributed by atoms with Gasteiger partial charge in [-0.3, -0.25) is 14.6 Å². The summed E-state index contributed by atoms with van der Waals surface area (Å²) in [4.78, 5) is 30.2. The molecule has 2 amide bonds. The van der Waals surface area contributed by atoms with E-state index in [4.69, 9.17) is 0 Å². The van der Waals surface area contributed by atoms with Crippen molar-refractivity contribution >= 4 is 11.8 Å². The minimum atomic E-state index is -0.209. The Labute approximate surface area is 125 Å². The third-order valence-electron chi connectivity index (χ3n) is 3.56. The molecule has 1 aromatic rings. The summed E-state index contributed by atoms with van der Waals surface area (Å²) >= 11 is 0. The van der Waals surface area contributed by atoms with Gasteiger partial charge in [0, 0.05) is 36.9 Å². The van der Waals surface area contributed by atoms with Crippen LogP contribution in [0.15, 0.2) is 24.5 Å². The fraction of sp³-hybridized carbons (Fsp3) is 0.562. The summed E-state index contributed by atoms with van der Waals surface area (Å²) in [6.45, 7) is 7.18. The maximum absolute atomic E-state index is 12.3. The van der Waals surface area contributed by atoms with Crippen molar-refractivity contribution in [3.8, 4) is 0 Å². The molecule has 21 heavy (non-hydrogen) atoms. The van der Waals surface area contributed by atoms with Crippen LogP contribution in [0.1, 0.15) is 44.0 Å². The maximum Gasteiger partial charge on any atom is 0.255 e. The number of nitrogens with one attached hydrogen (secondary N) is 1. The van der Waals surface area contributed by atoms with Crippen LogP contribution >= 0.6 is 0 Å². The molecule has 1 N–H and O–H groups in total. The van der Waals surface area contributed by atoms with E-state index in [1.165, 1.54) is 0 Å². The second kappa shape index (κ2) is 6.24. The van der Waals surface area contributed by atoms with E-state index in [2.05, 4.69) is 10.3 Å². The number of piperidine rings is 1. The zero-order valence-corrected chi connectivity index (χ0v) is 12.9. The highest BCUT2D eigenvalue weighted by Crippen LogP contribution is 2.20. The van der Waals surface area contributed by atoms with Crippen molar-refractivity contribution in [1.82, 2.24) is 15.2 Å². The Balaban J connectivity index is 1.89. The summed E-state index contributed by atoms with van der Waals surface area (Å²) in [6.07, 6.45) is 4.67. The second-order valence-electron chi connectivity index (χ2n) is 6.55. The molecule has 1 aromatic heterocycles. The molecule has 0 bridgehead atoms. The van der Waals surface area contributed by atoms with E-state index in [1.807, 2.05) is 20.8 Å². The minimum absolute atomic E-state index is 0.00201. The van der Waals surface area contributed by atoms with Gasteiger partial charge in [-0.05, 0) is 45.7 Å². The summed E-state index contributed by atoms with van der Waals surface area (Å²) in [5, 5.41) is 3.01. The fourth-order valence-electron chi connectivity index (χ4n) is 2.49. The van der Waals surface area contributed by atoms with Gasteiger partial charge < -0.3 is 10.2 Å². The van der Waals surface area contributed by atoms with E-state index in [0.717, 1.165) is 0 Å². The van der Waals surface area contributed by atoms with Crippen LogP contribution in [0.2, 0.25) is 0 Å². The number of nitrogens with zero attached hydrogens (tertiary/aromatic N) is 2. The first-order chi connectivity index (χ1) is 9.87. The maximum atomic E-state index is 12.3. The first-order valence-electron chi connectivity index (χ1n) is 7.38. The van der Waals surface area contributed by atoms with Gasteiger partial charge >= 0.3 is 0 Å². The molecular formula is C16H23N3O2. The normalized spacial score (nSPS) is 16.6. The molecule has 0 aliphatic carbocycles.